The van der Waals surface area contributed by atoms with Gasteiger partial charge in [-0.25, -0.2) is 4.98 Å². The summed E-state index contributed by atoms with van der Waals surface area (Å²) in [5, 5.41) is 1.10. The van der Waals surface area contributed by atoms with Crippen molar-refractivity contribution in [3.05, 3.63) is 71.3 Å². The number of pyridine rings is 1. The van der Waals surface area contributed by atoms with Crippen molar-refractivity contribution in [3.8, 4) is 0 Å². The highest BCUT2D eigenvalue weighted by atomic mass is 16.2. The number of rotatable bonds is 2. The van der Waals surface area contributed by atoms with Gasteiger partial charge in [-0.05, 0) is 42.7 Å². The molecule has 0 saturated carbocycles. The zero-order valence-corrected chi connectivity index (χ0v) is 18.3. The predicted octanol–water partition coefficient (Wildman–Crippen LogP) is 4.23. The molecule has 3 aromatic heterocycles. The van der Waals surface area contributed by atoms with E-state index in [-0.39, 0.29) is 11.7 Å². The molecule has 0 bridgehead atoms. The van der Waals surface area contributed by atoms with E-state index in [1.807, 2.05) is 35.5 Å². The molecule has 4 heterocycles. The predicted molar refractivity (Wildman–Crippen MR) is 124 cm³/mol. The maximum Gasteiger partial charge on any atom is 0.219 e. The normalized spacial score (nSPS) is 16.4. The number of nitrogens with zero attached hydrogens (tertiary/aromatic N) is 4. The Labute approximate surface area is 185 Å². The van der Waals surface area contributed by atoms with Crippen molar-refractivity contribution in [1.82, 2.24) is 18.9 Å². The van der Waals surface area contributed by atoms with Crippen LogP contribution in [0.1, 0.15) is 42.1 Å². The quantitative estimate of drug-likeness (QED) is 0.484. The van der Waals surface area contributed by atoms with E-state index in [4.69, 9.17) is 0 Å². The van der Waals surface area contributed by atoms with Crippen LogP contribution in [-0.4, -0.2) is 37.1 Å². The summed E-state index contributed by atoms with van der Waals surface area (Å²) in [6, 6.07) is 10.3. The van der Waals surface area contributed by atoms with Gasteiger partial charge in [0.1, 0.15) is 5.65 Å². The van der Waals surface area contributed by atoms with Crippen molar-refractivity contribution in [3.63, 3.8) is 0 Å². The smallest absolute Gasteiger partial charge is 0.219 e. The molecule has 6 heteroatoms. The number of hydrogen-bond acceptors (Lipinski definition) is 3. The number of carbonyl (C=O) groups excluding carboxylic acids is 2. The lowest BCUT2D eigenvalue weighted by atomic mass is 9.97. The first-order valence-electron chi connectivity index (χ1n) is 11.1. The highest BCUT2D eigenvalue weighted by Crippen LogP contribution is 2.42. The molecule has 1 amide bonds. The Morgan fingerprint density at radius 2 is 2.00 bits per heavy atom. The first kappa shape index (κ1) is 19.0. The first-order chi connectivity index (χ1) is 15.5. The highest BCUT2D eigenvalue weighted by molar-refractivity contribution is 6.33. The molecule has 160 valence electrons. The topological polar surface area (TPSA) is 59.6 Å². The van der Waals surface area contributed by atoms with E-state index in [0.717, 1.165) is 63.0 Å². The maximum absolute atomic E-state index is 13.2. The van der Waals surface area contributed by atoms with Crippen LogP contribution >= 0.6 is 0 Å². The van der Waals surface area contributed by atoms with Gasteiger partial charge in [-0.1, -0.05) is 17.7 Å². The van der Waals surface area contributed by atoms with Crippen molar-refractivity contribution in [2.45, 2.75) is 39.8 Å². The molecule has 4 aromatic rings. The van der Waals surface area contributed by atoms with E-state index < -0.39 is 0 Å². The summed E-state index contributed by atoms with van der Waals surface area (Å²) in [4.78, 5) is 31.7. The standard InChI is InChI=1S/C26H24N4O2/c1-16-11-18-14-28(17(2)31)9-10-29-15-21(20(12-16)26(18)29)25-19(6-7-23(25)32)22-13-27-24-5-3-4-8-30(22)24/h3-5,8,11-13,15H,6-7,9-10,14H2,1-2H3. The van der Waals surface area contributed by atoms with E-state index in [0.29, 0.717) is 19.5 Å². The number of imidazole rings is 1. The van der Waals surface area contributed by atoms with Gasteiger partial charge < -0.3 is 9.47 Å². The van der Waals surface area contributed by atoms with E-state index in [1.54, 1.807) is 6.92 Å². The summed E-state index contributed by atoms with van der Waals surface area (Å²) in [5.74, 6) is 0.282. The van der Waals surface area contributed by atoms with Gasteiger partial charge in [0.05, 0.1) is 17.4 Å². The van der Waals surface area contributed by atoms with Gasteiger partial charge in [-0.3, -0.25) is 14.0 Å². The number of ketones is 1. The second-order valence-corrected chi connectivity index (χ2v) is 8.85. The minimum absolute atomic E-state index is 0.0919. The molecule has 6 nitrogen and oxygen atoms in total. The van der Waals surface area contributed by atoms with Crippen LogP contribution in [0, 0.1) is 6.92 Å². The molecule has 0 saturated heterocycles. The highest BCUT2D eigenvalue weighted by Gasteiger charge is 2.30. The second kappa shape index (κ2) is 6.92. The molecule has 1 aliphatic carbocycles. The van der Waals surface area contributed by atoms with Gasteiger partial charge in [0.15, 0.2) is 5.78 Å². The Hall–Kier alpha value is -3.67. The van der Waals surface area contributed by atoms with Crippen molar-refractivity contribution in [2.75, 3.05) is 6.54 Å². The Kier molecular flexibility index (Phi) is 4.12. The van der Waals surface area contributed by atoms with Crippen LogP contribution in [0.5, 0.6) is 0 Å². The third-order valence-electron chi connectivity index (χ3n) is 6.79. The number of amides is 1. The van der Waals surface area contributed by atoms with E-state index in [2.05, 4.69) is 39.2 Å². The molecular formula is C26H24N4O2. The molecule has 0 unspecified atom stereocenters. The molecular weight excluding hydrogens is 400 g/mol. The van der Waals surface area contributed by atoms with Crippen LogP contribution in [0.15, 0.2) is 48.9 Å². The lowest BCUT2D eigenvalue weighted by Gasteiger charge is -2.19. The number of aromatic nitrogens is 3. The van der Waals surface area contributed by atoms with Crippen molar-refractivity contribution in [2.24, 2.45) is 0 Å². The average molecular weight is 425 g/mol. The van der Waals surface area contributed by atoms with Crippen LogP contribution in [0.25, 0.3) is 27.7 Å². The molecule has 0 fully saturated rings. The average Bonchev–Trinajstić information content (AvgIpc) is 3.41. The molecule has 6 rings (SSSR count). The van der Waals surface area contributed by atoms with Gasteiger partial charge >= 0.3 is 0 Å². The fourth-order valence-corrected chi connectivity index (χ4v) is 5.35. The SMILES string of the molecule is CC(=O)N1CCn2cc(C3=C(c4cnc5ccccn45)CCC3=O)c3cc(C)cc(c32)C1. The van der Waals surface area contributed by atoms with Gasteiger partial charge in [0.25, 0.3) is 0 Å². The van der Waals surface area contributed by atoms with Gasteiger partial charge in [0.2, 0.25) is 5.91 Å². The summed E-state index contributed by atoms with van der Waals surface area (Å²) in [6.45, 7) is 5.70. The Bertz CT molecular complexity index is 1470. The molecule has 0 N–H and O–H groups in total. The molecule has 2 aliphatic rings. The fourth-order valence-electron chi connectivity index (χ4n) is 5.35. The zero-order valence-electron chi connectivity index (χ0n) is 18.3. The number of allylic oxidation sites excluding steroid dienone is 2. The lowest BCUT2D eigenvalue weighted by Crippen LogP contribution is -2.29. The fraction of sp³-hybridized carbons (Fsp3) is 0.269. The van der Waals surface area contributed by atoms with E-state index in [9.17, 15) is 9.59 Å². The van der Waals surface area contributed by atoms with Crippen molar-refractivity contribution in [1.29, 1.82) is 0 Å². The molecule has 0 spiro atoms. The molecule has 0 atom stereocenters. The van der Waals surface area contributed by atoms with Crippen LogP contribution in [0.2, 0.25) is 0 Å². The van der Waals surface area contributed by atoms with Crippen molar-refractivity contribution < 1.29 is 9.59 Å². The van der Waals surface area contributed by atoms with Gasteiger partial charge in [0, 0.05) is 61.9 Å². The van der Waals surface area contributed by atoms with Crippen molar-refractivity contribution >= 4 is 39.4 Å². The summed E-state index contributed by atoms with van der Waals surface area (Å²) in [7, 11) is 0. The van der Waals surface area contributed by atoms with E-state index >= 15 is 0 Å². The maximum atomic E-state index is 13.2. The number of benzene rings is 1. The molecule has 1 aliphatic heterocycles. The molecule has 1 aromatic carbocycles. The Morgan fingerprint density at radius 1 is 1.12 bits per heavy atom. The summed E-state index contributed by atoms with van der Waals surface area (Å²) in [6.07, 6.45) is 7.26. The number of fused-ring (bicyclic) bond motifs is 1. The largest absolute Gasteiger partial charge is 0.345 e. The minimum Gasteiger partial charge on any atom is -0.345 e. The third-order valence-corrected chi connectivity index (χ3v) is 6.79. The van der Waals surface area contributed by atoms with Gasteiger partial charge in [-0.2, -0.15) is 0 Å². The number of aryl methyl sites for hydroxylation is 1. The molecule has 0 radical (unpaired) electrons. The molecule has 32 heavy (non-hydrogen) atoms. The lowest BCUT2D eigenvalue weighted by molar-refractivity contribution is -0.129. The Morgan fingerprint density at radius 3 is 2.84 bits per heavy atom. The zero-order chi connectivity index (χ0) is 22.0. The summed E-state index contributed by atoms with van der Waals surface area (Å²) >= 11 is 0. The van der Waals surface area contributed by atoms with Crippen LogP contribution < -0.4 is 0 Å². The van der Waals surface area contributed by atoms with Crippen LogP contribution in [0.3, 0.4) is 0 Å². The third kappa shape index (κ3) is 2.75. The van der Waals surface area contributed by atoms with Crippen LogP contribution in [0.4, 0.5) is 0 Å². The second-order valence-electron chi connectivity index (χ2n) is 8.85. The summed E-state index contributed by atoms with van der Waals surface area (Å²) < 4.78 is 4.30. The Balaban J connectivity index is 1.60. The summed E-state index contributed by atoms with van der Waals surface area (Å²) in [5.41, 5.74) is 8.18. The minimum atomic E-state index is 0.0919. The van der Waals surface area contributed by atoms with E-state index in [1.165, 1.54) is 0 Å². The number of hydrogen-bond donors (Lipinski definition) is 0. The monoisotopic (exact) mass is 424 g/mol. The number of Topliss-reactive ketones (excluding diaryl/α,β-unsaturated/α-hetero) is 1. The number of carbonyl (C=O) groups is 2. The van der Waals surface area contributed by atoms with Crippen LogP contribution in [-0.2, 0) is 22.7 Å². The van der Waals surface area contributed by atoms with Gasteiger partial charge in [-0.15, -0.1) is 0 Å². The first-order valence-corrected chi connectivity index (χ1v) is 11.1.